The van der Waals surface area contributed by atoms with Gasteiger partial charge < -0.3 is 28.4 Å². The van der Waals surface area contributed by atoms with Crippen molar-refractivity contribution in [2.75, 3.05) is 74.2 Å². The Hall–Kier alpha value is -3.72. The molecule has 600 valence electrons. The van der Waals surface area contributed by atoms with Crippen LogP contribution < -0.4 is 0 Å². The second-order valence-electron chi connectivity index (χ2n) is 31.8. The van der Waals surface area contributed by atoms with Crippen LogP contribution in [0.2, 0.25) is 0 Å². The number of carbonyl (C=O) groups is 6. The van der Waals surface area contributed by atoms with Gasteiger partial charge in [-0.15, -0.1) is 0 Å². The fraction of sp³-hybridized carbons (Fsp3) is 0.912. The molecule has 12 rings (SSSR count). The number of carbonyl (C=O) groups excluding carboxylic acids is 6. The van der Waals surface area contributed by atoms with Crippen molar-refractivity contribution in [3.05, 3.63) is 0 Å². The standard InChI is InChI=1S/C15H22O5S.2C13H22O5S.C10H16O5S.C9H16O5S.C8H14O5S/c16-15(20-3-4-21(17,18)19)12-7-10-6-11(12)14-9-2-1-8(5-9)13(10)14;1-12(2)9-4-5-13(12,3)10(8-9)11(14)18-6-7-19(15,16)17;14-13(18-7-8-19(15,16)17)12-6-5-10-3-1-2-4-11(10)9-12;11-10(15-3-4-16(12,13)14)9-6-7-1-2-8(9)5-7;10-9(8-4-2-1-3-5-8)14-6-7-15(11,12)13;9-8(7-3-1-2-4-7)13-5-6-14(10,11)12/h8-14H,1-7H2,(H,17,18,19);9-10H,4-8H2,1-3H3,(H,15,16,17);10-12H,1-9H2,(H,15,16,17);7-9H,1-6H2,(H,12,13,14);8H,1-7H2,(H,11,12,13);7H,1-6H2,(H,10,11,12). The number of rotatable bonds is 24. The van der Waals surface area contributed by atoms with Gasteiger partial charge in [0.1, 0.15) is 74.2 Å². The molecule has 0 saturated heterocycles. The molecule has 16 atom stereocenters. The number of hydrogen-bond acceptors (Lipinski definition) is 24. The lowest BCUT2D eigenvalue weighted by Gasteiger charge is -2.38. The van der Waals surface area contributed by atoms with E-state index in [0.717, 1.165) is 152 Å². The van der Waals surface area contributed by atoms with Crippen molar-refractivity contribution >= 4 is 96.5 Å². The highest BCUT2D eigenvalue weighted by molar-refractivity contribution is 7.87. The molecule has 8 bridgehead atoms. The summed E-state index contributed by atoms with van der Waals surface area (Å²) >= 11 is 0. The van der Waals surface area contributed by atoms with E-state index in [1.165, 1.54) is 57.8 Å². The molecular weight excluding hydrogens is 1490 g/mol. The van der Waals surface area contributed by atoms with Gasteiger partial charge in [-0.3, -0.25) is 56.1 Å². The quantitative estimate of drug-likeness (QED) is 0.0230. The first-order valence-electron chi connectivity index (χ1n) is 37.1. The summed E-state index contributed by atoms with van der Waals surface area (Å²) in [4.78, 5) is 70.4. The average molecular weight is 1600 g/mol. The van der Waals surface area contributed by atoms with Gasteiger partial charge in [0.2, 0.25) is 0 Å². The van der Waals surface area contributed by atoms with Crippen LogP contribution in [0.3, 0.4) is 0 Å². The lowest BCUT2D eigenvalue weighted by Crippen LogP contribution is -2.37. The Morgan fingerprint density at radius 2 is 0.702 bits per heavy atom. The van der Waals surface area contributed by atoms with Gasteiger partial charge >= 0.3 is 35.8 Å². The summed E-state index contributed by atoms with van der Waals surface area (Å²) in [5.41, 5.74) is 0.0621. The van der Waals surface area contributed by atoms with Gasteiger partial charge in [-0.1, -0.05) is 85.0 Å². The molecule has 30 nitrogen and oxygen atoms in total. The zero-order valence-electron chi connectivity index (χ0n) is 60.0. The molecule has 0 spiro atoms. The van der Waals surface area contributed by atoms with E-state index in [2.05, 4.69) is 20.8 Å². The van der Waals surface area contributed by atoms with Gasteiger partial charge in [0.05, 0.1) is 35.5 Å². The zero-order valence-corrected chi connectivity index (χ0v) is 64.9. The molecule has 0 amide bonds. The maximum atomic E-state index is 12.2. The van der Waals surface area contributed by atoms with Crippen molar-refractivity contribution in [3.8, 4) is 0 Å². The van der Waals surface area contributed by atoms with Gasteiger partial charge in [-0.05, 0) is 192 Å². The molecule has 0 aromatic carbocycles. The number of ether oxygens (including phenoxy) is 6. The van der Waals surface area contributed by atoms with Crippen molar-refractivity contribution < 1.29 is 135 Å². The van der Waals surface area contributed by atoms with Crippen LogP contribution in [0.15, 0.2) is 0 Å². The first kappa shape index (κ1) is 87.5. The smallest absolute Gasteiger partial charge is 0.309 e. The Morgan fingerprint density at radius 3 is 1.12 bits per heavy atom. The van der Waals surface area contributed by atoms with E-state index >= 15 is 0 Å². The normalized spacial score (nSPS) is 32.1. The second-order valence-corrected chi connectivity index (χ2v) is 41.2. The minimum Gasteiger partial charge on any atom is -0.464 e. The lowest BCUT2D eigenvalue weighted by molar-refractivity contribution is -0.153. The highest BCUT2D eigenvalue weighted by Crippen LogP contribution is 2.70. The van der Waals surface area contributed by atoms with Crippen LogP contribution in [0.1, 0.15) is 201 Å². The largest absolute Gasteiger partial charge is 0.464 e. The summed E-state index contributed by atoms with van der Waals surface area (Å²) in [5, 5.41) is 0. The van der Waals surface area contributed by atoms with Crippen LogP contribution >= 0.6 is 0 Å². The van der Waals surface area contributed by atoms with Gasteiger partial charge in [0.25, 0.3) is 60.7 Å². The average Bonchev–Trinajstić information content (AvgIpc) is 1.56. The fourth-order valence-electron chi connectivity index (χ4n) is 19.7. The van der Waals surface area contributed by atoms with Crippen molar-refractivity contribution in [2.24, 2.45) is 111 Å². The predicted molar refractivity (Wildman–Crippen MR) is 375 cm³/mol. The molecule has 0 aromatic rings. The predicted octanol–water partition coefficient (Wildman–Crippen LogP) is 8.10. The van der Waals surface area contributed by atoms with E-state index in [9.17, 15) is 79.3 Å². The molecule has 0 radical (unpaired) electrons. The first-order valence-corrected chi connectivity index (χ1v) is 46.8. The third kappa shape index (κ3) is 26.8. The first-order chi connectivity index (χ1) is 48.4. The van der Waals surface area contributed by atoms with E-state index in [-0.39, 0.29) is 122 Å². The van der Waals surface area contributed by atoms with Crippen molar-refractivity contribution in [3.63, 3.8) is 0 Å². The molecule has 12 aliphatic carbocycles. The van der Waals surface area contributed by atoms with E-state index in [1.54, 1.807) is 0 Å². The van der Waals surface area contributed by atoms with Gasteiger partial charge in [0.15, 0.2) is 0 Å². The fourth-order valence-corrected chi connectivity index (χ4v) is 21.4. The van der Waals surface area contributed by atoms with Crippen LogP contribution in [0.4, 0.5) is 0 Å². The summed E-state index contributed by atoms with van der Waals surface area (Å²) in [6.07, 6.45) is 29.9. The summed E-state index contributed by atoms with van der Waals surface area (Å²) in [7, 11) is -24.2. The maximum absolute atomic E-state index is 12.2. The summed E-state index contributed by atoms with van der Waals surface area (Å²) in [6, 6.07) is 0. The monoisotopic (exact) mass is 1600 g/mol. The summed E-state index contributed by atoms with van der Waals surface area (Å²) in [6.45, 7) is 5.04. The Bertz CT molecular complexity index is 3630. The van der Waals surface area contributed by atoms with Crippen LogP contribution in [0, 0.1) is 111 Å². The Morgan fingerprint density at radius 1 is 0.317 bits per heavy atom. The van der Waals surface area contributed by atoms with Crippen molar-refractivity contribution in [1.29, 1.82) is 0 Å². The SMILES string of the molecule is CC1(C)C2CCC1(C)C(C(=O)OCCS(=O)(=O)O)C2.O=C(OCCS(=O)(=O)O)C1CC2CC1C1C3CCC(C3)C21.O=C(OCCS(=O)(=O)O)C1CC2CCC1C2.O=C(OCCS(=O)(=O)O)C1CCC2CCCCC2C1.O=C(OCCS(=O)(=O)O)C1CCCC1.O=C(OCCS(=O)(=O)O)C1CCCCC1. The molecule has 0 aliphatic heterocycles. The highest BCUT2D eigenvalue weighted by atomic mass is 32.2. The van der Waals surface area contributed by atoms with Gasteiger partial charge in [0, 0.05) is 0 Å². The molecule has 12 aliphatic rings. The molecule has 0 aromatic heterocycles. The molecule has 104 heavy (non-hydrogen) atoms. The minimum atomic E-state index is -4.07. The summed E-state index contributed by atoms with van der Waals surface area (Å²) < 4.78 is 206. The third-order valence-electron chi connectivity index (χ3n) is 25.2. The summed E-state index contributed by atoms with van der Waals surface area (Å²) in [5.74, 6) is 2.11. The third-order valence-corrected chi connectivity index (χ3v) is 29.3. The lowest BCUT2D eigenvalue weighted by atomic mass is 9.67. The Balaban J connectivity index is 0.000000176. The van der Waals surface area contributed by atoms with Crippen LogP contribution in [0.25, 0.3) is 0 Å². The number of esters is 6. The number of fused-ring (bicyclic) bond motifs is 14. The maximum Gasteiger partial charge on any atom is 0.309 e. The second kappa shape index (κ2) is 37.8. The van der Waals surface area contributed by atoms with Gasteiger partial charge in [-0.2, -0.15) is 50.5 Å². The molecular formula is C68H112O30S6. The number of hydrogen-bond donors (Lipinski definition) is 6. The molecule has 12 fully saturated rings. The van der Waals surface area contributed by atoms with Gasteiger partial charge in [-0.25, -0.2) is 0 Å². The van der Waals surface area contributed by atoms with E-state index in [1.807, 2.05) is 0 Å². The molecule has 36 heteroatoms. The van der Waals surface area contributed by atoms with Crippen molar-refractivity contribution in [1.82, 2.24) is 0 Å². The topological polar surface area (TPSA) is 484 Å². The van der Waals surface area contributed by atoms with Crippen LogP contribution in [-0.2, 0) is 118 Å². The van der Waals surface area contributed by atoms with E-state index in [0.29, 0.717) is 35.5 Å². The Labute approximate surface area is 614 Å². The molecule has 12 saturated carbocycles. The Kier molecular flexibility index (Phi) is 31.8. The molecule has 16 unspecified atom stereocenters. The zero-order chi connectivity index (χ0) is 76.8. The molecule has 6 N–H and O–H groups in total. The molecule has 0 heterocycles. The van der Waals surface area contributed by atoms with E-state index < -0.39 is 95.2 Å². The minimum absolute atomic E-state index is 0.0306. The highest BCUT2D eigenvalue weighted by Gasteiger charge is 2.65. The van der Waals surface area contributed by atoms with Crippen LogP contribution in [-0.4, -0.2) is 188 Å². The van der Waals surface area contributed by atoms with Crippen molar-refractivity contribution in [2.45, 2.75) is 201 Å². The van der Waals surface area contributed by atoms with E-state index in [4.69, 9.17) is 55.7 Å². The van der Waals surface area contributed by atoms with Crippen LogP contribution in [0.5, 0.6) is 0 Å².